The Morgan fingerprint density at radius 3 is 2.49 bits per heavy atom. The van der Waals surface area contributed by atoms with Gasteiger partial charge in [-0.15, -0.1) is 0 Å². The lowest BCUT2D eigenvalue weighted by molar-refractivity contribution is -0.123. The van der Waals surface area contributed by atoms with Crippen LogP contribution in [0.3, 0.4) is 0 Å². The number of halogens is 2. The number of fused-ring (bicyclic) bond motifs is 1. The van der Waals surface area contributed by atoms with Gasteiger partial charge >= 0.3 is 0 Å². The number of para-hydroxylation sites is 2. The summed E-state index contributed by atoms with van der Waals surface area (Å²) in [7, 11) is 0. The zero-order valence-electron chi connectivity index (χ0n) is 21.8. The van der Waals surface area contributed by atoms with E-state index in [-0.39, 0.29) is 29.9 Å². The van der Waals surface area contributed by atoms with Crippen LogP contribution in [0.2, 0.25) is 0 Å². The molecule has 6 rings (SSSR count). The summed E-state index contributed by atoms with van der Waals surface area (Å²) >= 11 is 0. The molecule has 3 aliphatic rings. The van der Waals surface area contributed by atoms with Crippen molar-refractivity contribution in [1.82, 2.24) is 30.2 Å². The van der Waals surface area contributed by atoms with Gasteiger partial charge in [-0.3, -0.25) is 9.36 Å². The van der Waals surface area contributed by atoms with E-state index in [1.165, 1.54) is 4.57 Å². The molecular weight excluding hydrogens is 506 g/mol. The Bertz CT molecular complexity index is 1300. The summed E-state index contributed by atoms with van der Waals surface area (Å²) in [5, 5.41) is 9.91. The van der Waals surface area contributed by atoms with Gasteiger partial charge < -0.3 is 25.6 Å². The van der Waals surface area contributed by atoms with Gasteiger partial charge in [0.05, 0.1) is 30.3 Å². The number of anilines is 2. The number of nitrogens with one attached hydrogen (secondary N) is 3. The number of amides is 1. The standard InChI is InChI=1S/C27H34F2N8O2/c28-24(29)25-33-19-4-1-2-6-21(19)37(25)23-16-22(36-12-14-39-15-13-36)34-27(35-23)32-18-9-7-17(8-10-18)31-26(38)20-5-3-11-30-20/h1-2,4,6,16-18,20,24,30H,3,5,7-15H2,(H,31,38)(H,32,34,35)/t17?,18?,20-/m1/s1. The highest BCUT2D eigenvalue weighted by molar-refractivity contribution is 5.82. The van der Waals surface area contributed by atoms with Crippen LogP contribution < -0.4 is 20.9 Å². The van der Waals surface area contributed by atoms with Gasteiger partial charge in [-0.1, -0.05) is 12.1 Å². The van der Waals surface area contributed by atoms with Crippen LogP contribution in [-0.2, 0) is 9.53 Å². The number of hydrogen-bond donors (Lipinski definition) is 3. The first-order valence-electron chi connectivity index (χ1n) is 13.8. The zero-order valence-corrected chi connectivity index (χ0v) is 21.8. The molecule has 0 bridgehead atoms. The number of alkyl halides is 2. The van der Waals surface area contributed by atoms with Gasteiger partial charge in [0.2, 0.25) is 11.9 Å². The second kappa shape index (κ2) is 11.4. The van der Waals surface area contributed by atoms with E-state index >= 15 is 0 Å². The highest BCUT2D eigenvalue weighted by Gasteiger charge is 2.28. The third kappa shape index (κ3) is 5.67. The van der Waals surface area contributed by atoms with Crippen LogP contribution in [0.25, 0.3) is 16.9 Å². The Kier molecular flexibility index (Phi) is 7.55. The second-order valence-electron chi connectivity index (χ2n) is 10.5. The molecule has 4 heterocycles. The molecule has 2 saturated heterocycles. The number of hydrogen-bond acceptors (Lipinski definition) is 8. The van der Waals surface area contributed by atoms with Crippen molar-refractivity contribution in [2.45, 2.75) is 63.1 Å². The zero-order chi connectivity index (χ0) is 26.8. The Hall–Kier alpha value is -3.38. The van der Waals surface area contributed by atoms with Crippen LogP contribution in [0.1, 0.15) is 50.8 Å². The minimum atomic E-state index is -2.76. The fourth-order valence-corrected chi connectivity index (χ4v) is 5.76. The molecule has 208 valence electrons. The Morgan fingerprint density at radius 2 is 1.74 bits per heavy atom. The highest BCUT2D eigenvalue weighted by atomic mass is 19.3. The average molecular weight is 541 g/mol. The van der Waals surface area contributed by atoms with Gasteiger partial charge in [0.15, 0.2) is 5.82 Å². The monoisotopic (exact) mass is 540 g/mol. The van der Waals surface area contributed by atoms with E-state index in [0.717, 1.165) is 45.1 Å². The van der Waals surface area contributed by atoms with Crippen LogP contribution in [0.5, 0.6) is 0 Å². The van der Waals surface area contributed by atoms with Gasteiger partial charge in [0.25, 0.3) is 6.43 Å². The first-order valence-corrected chi connectivity index (χ1v) is 13.8. The summed E-state index contributed by atoms with van der Waals surface area (Å²) in [4.78, 5) is 28.3. The normalized spacial score (nSPS) is 23.9. The first-order chi connectivity index (χ1) is 19.0. The molecule has 3 aromatic rings. The predicted molar refractivity (Wildman–Crippen MR) is 143 cm³/mol. The fourth-order valence-electron chi connectivity index (χ4n) is 5.76. The molecule has 0 spiro atoms. The van der Waals surface area contributed by atoms with Gasteiger partial charge in [-0.2, -0.15) is 9.97 Å². The molecule has 10 nitrogen and oxygen atoms in total. The Labute approximate surface area is 225 Å². The molecule has 3 fully saturated rings. The van der Waals surface area contributed by atoms with E-state index in [1.807, 2.05) is 0 Å². The number of carbonyl (C=O) groups is 1. The van der Waals surface area contributed by atoms with Crippen molar-refractivity contribution in [2.24, 2.45) is 0 Å². The second-order valence-corrected chi connectivity index (χ2v) is 10.5. The van der Waals surface area contributed by atoms with Crippen LogP contribution in [0, 0.1) is 0 Å². The molecular formula is C27H34F2N8O2. The van der Waals surface area contributed by atoms with Crippen LogP contribution in [0.4, 0.5) is 20.5 Å². The van der Waals surface area contributed by atoms with Crippen molar-refractivity contribution in [3.05, 3.63) is 36.2 Å². The van der Waals surface area contributed by atoms with E-state index in [2.05, 4.69) is 25.8 Å². The smallest absolute Gasteiger partial charge is 0.296 e. The van der Waals surface area contributed by atoms with Gasteiger partial charge in [0.1, 0.15) is 11.6 Å². The largest absolute Gasteiger partial charge is 0.378 e. The molecule has 1 saturated carbocycles. The van der Waals surface area contributed by atoms with Crippen LogP contribution >= 0.6 is 0 Å². The highest BCUT2D eigenvalue weighted by Crippen LogP contribution is 2.30. The van der Waals surface area contributed by atoms with E-state index < -0.39 is 6.43 Å². The number of aromatic nitrogens is 4. The maximum atomic E-state index is 14.1. The van der Waals surface area contributed by atoms with Crippen molar-refractivity contribution in [2.75, 3.05) is 43.1 Å². The van der Waals surface area contributed by atoms with Gasteiger partial charge in [-0.25, -0.2) is 13.8 Å². The number of benzene rings is 1. The maximum Gasteiger partial charge on any atom is 0.296 e. The van der Waals surface area contributed by atoms with E-state index in [0.29, 0.717) is 54.9 Å². The summed E-state index contributed by atoms with van der Waals surface area (Å²) in [6, 6.07) is 9.02. The lowest BCUT2D eigenvalue weighted by Crippen LogP contribution is -2.47. The van der Waals surface area contributed by atoms with Gasteiger partial charge in [0, 0.05) is 31.2 Å². The molecule has 39 heavy (non-hydrogen) atoms. The van der Waals surface area contributed by atoms with Crippen molar-refractivity contribution >= 4 is 28.7 Å². The van der Waals surface area contributed by atoms with Crippen molar-refractivity contribution in [1.29, 1.82) is 0 Å². The topological polar surface area (TPSA) is 109 Å². The minimum Gasteiger partial charge on any atom is -0.378 e. The molecule has 12 heteroatoms. The number of ether oxygens (including phenoxy) is 1. The SMILES string of the molecule is O=C(NC1CCC(Nc2nc(N3CCOCC3)cc(-n3c(C(F)F)nc4ccccc43)n2)CC1)[C@H]1CCCN1. The molecule has 1 atom stereocenters. The van der Waals surface area contributed by atoms with Crippen molar-refractivity contribution in [3.8, 4) is 5.82 Å². The Balaban J connectivity index is 1.24. The maximum absolute atomic E-state index is 14.1. The van der Waals surface area contributed by atoms with Gasteiger partial charge in [-0.05, 0) is 57.2 Å². The molecule has 1 amide bonds. The summed E-state index contributed by atoms with van der Waals surface area (Å²) in [5.41, 5.74) is 1.06. The molecule has 0 unspecified atom stereocenters. The third-order valence-electron chi connectivity index (χ3n) is 7.83. The quantitative estimate of drug-likeness (QED) is 0.419. The average Bonchev–Trinajstić information content (AvgIpc) is 3.63. The van der Waals surface area contributed by atoms with Crippen LogP contribution in [-0.4, -0.2) is 76.4 Å². The van der Waals surface area contributed by atoms with Crippen molar-refractivity contribution in [3.63, 3.8) is 0 Å². The van der Waals surface area contributed by atoms with Crippen molar-refractivity contribution < 1.29 is 18.3 Å². The lowest BCUT2D eigenvalue weighted by atomic mass is 9.91. The molecule has 3 N–H and O–H groups in total. The van der Waals surface area contributed by atoms with E-state index in [1.54, 1.807) is 30.3 Å². The molecule has 1 aromatic carbocycles. The molecule has 1 aliphatic carbocycles. The minimum absolute atomic E-state index is 0.0759. The number of nitrogens with zero attached hydrogens (tertiary/aromatic N) is 5. The van der Waals surface area contributed by atoms with E-state index in [9.17, 15) is 13.6 Å². The van der Waals surface area contributed by atoms with Crippen LogP contribution in [0.15, 0.2) is 30.3 Å². The third-order valence-corrected chi connectivity index (χ3v) is 7.83. The predicted octanol–water partition coefficient (Wildman–Crippen LogP) is 3.18. The molecule has 2 aliphatic heterocycles. The summed E-state index contributed by atoms with van der Waals surface area (Å²) in [6.07, 6.45) is 2.57. The first kappa shape index (κ1) is 25.9. The lowest BCUT2D eigenvalue weighted by Gasteiger charge is -2.31. The summed E-state index contributed by atoms with van der Waals surface area (Å²) < 4.78 is 35.1. The molecule has 2 aromatic heterocycles. The summed E-state index contributed by atoms with van der Waals surface area (Å²) in [6.45, 7) is 3.36. The Morgan fingerprint density at radius 1 is 1.00 bits per heavy atom. The fraction of sp³-hybridized carbons (Fsp3) is 0.556. The number of rotatable bonds is 7. The van der Waals surface area contributed by atoms with E-state index in [4.69, 9.17) is 14.7 Å². The molecule has 0 radical (unpaired) electrons. The summed E-state index contributed by atoms with van der Waals surface area (Å²) in [5.74, 6) is 1.16. The number of imidazole rings is 1. The number of morpholine rings is 1. The number of carbonyl (C=O) groups excluding carboxylic acids is 1.